The summed E-state index contributed by atoms with van der Waals surface area (Å²) in [6, 6.07) is 6.23. The maximum absolute atomic E-state index is 13.5. The van der Waals surface area contributed by atoms with Gasteiger partial charge in [-0.2, -0.15) is 0 Å². The van der Waals surface area contributed by atoms with Gasteiger partial charge in [0.05, 0.1) is 12.3 Å². The van der Waals surface area contributed by atoms with Crippen LogP contribution in [0.5, 0.6) is 5.75 Å². The number of nitrogens with zero attached hydrogens (tertiary/aromatic N) is 1. The number of hydrogen-bond donors (Lipinski definition) is 2. The fourth-order valence-corrected chi connectivity index (χ4v) is 2.47. The minimum Gasteiger partial charge on any atom is -0.486 e. The maximum Gasteiger partial charge on any atom is 0.191 e. The Morgan fingerprint density at radius 1 is 1.35 bits per heavy atom. The second kappa shape index (κ2) is 9.34. The highest BCUT2D eigenvalue weighted by atomic mass is 32.2. The second-order valence-electron chi connectivity index (χ2n) is 5.22. The molecule has 8 heteroatoms. The fourth-order valence-electron chi connectivity index (χ4n) is 1.80. The van der Waals surface area contributed by atoms with Crippen LogP contribution in [0.25, 0.3) is 0 Å². The van der Waals surface area contributed by atoms with Crippen molar-refractivity contribution in [3.05, 3.63) is 30.1 Å². The largest absolute Gasteiger partial charge is 0.486 e. The Bertz CT molecular complexity index is 620. The van der Waals surface area contributed by atoms with Gasteiger partial charge in [0.15, 0.2) is 17.5 Å². The molecule has 0 saturated heterocycles. The van der Waals surface area contributed by atoms with Crippen LogP contribution in [0, 0.1) is 5.82 Å². The summed E-state index contributed by atoms with van der Waals surface area (Å²) in [5, 5.41) is 6.07. The summed E-state index contributed by atoms with van der Waals surface area (Å²) >= 11 is 0. The Balaban J connectivity index is 2.32. The standard InChI is InChI=1S/C15H24FN3O3S/c1-12(22-14-8-5-4-7-13(14)16)11-19-15(17-2)18-9-6-10-23(3,20)21/h4-5,7-8,12H,6,9-11H2,1-3H3,(H2,17,18,19). The van der Waals surface area contributed by atoms with E-state index in [1.165, 1.54) is 12.3 Å². The molecular formula is C15H24FN3O3S. The Labute approximate surface area is 137 Å². The van der Waals surface area contributed by atoms with Gasteiger partial charge in [-0.25, -0.2) is 12.8 Å². The average molecular weight is 345 g/mol. The van der Waals surface area contributed by atoms with Gasteiger partial charge in [-0.05, 0) is 25.5 Å². The van der Waals surface area contributed by atoms with Gasteiger partial charge in [0.2, 0.25) is 0 Å². The molecule has 0 fully saturated rings. The van der Waals surface area contributed by atoms with Crippen molar-refractivity contribution in [3.63, 3.8) is 0 Å². The highest BCUT2D eigenvalue weighted by Gasteiger charge is 2.09. The van der Waals surface area contributed by atoms with Gasteiger partial charge in [-0.1, -0.05) is 12.1 Å². The first-order valence-corrected chi connectivity index (χ1v) is 9.41. The molecule has 0 aliphatic carbocycles. The topological polar surface area (TPSA) is 79.8 Å². The lowest BCUT2D eigenvalue weighted by Gasteiger charge is -2.18. The van der Waals surface area contributed by atoms with Gasteiger partial charge in [-0.15, -0.1) is 0 Å². The van der Waals surface area contributed by atoms with Gasteiger partial charge in [0, 0.05) is 19.8 Å². The third-order valence-corrected chi connectivity index (χ3v) is 3.96. The van der Waals surface area contributed by atoms with Crippen molar-refractivity contribution >= 4 is 15.8 Å². The number of benzene rings is 1. The molecule has 1 atom stereocenters. The molecule has 0 aliphatic rings. The van der Waals surface area contributed by atoms with Crippen LogP contribution < -0.4 is 15.4 Å². The monoisotopic (exact) mass is 345 g/mol. The Morgan fingerprint density at radius 2 is 2.04 bits per heavy atom. The summed E-state index contributed by atoms with van der Waals surface area (Å²) in [7, 11) is -1.33. The van der Waals surface area contributed by atoms with E-state index < -0.39 is 15.7 Å². The quantitative estimate of drug-likeness (QED) is 0.420. The smallest absolute Gasteiger partial charge is 0.191 e. The summed E-state index contributed by atoms with van der Waals surface area (Å²) < 4.78 is 41.1. The Hall–Kier alpha value is -1.83. The van der Waals surface area contributed by atoms with E-state index in [-0.39, 0.29) is 17.6 Å². The lowest BCUT2D eigenvalue weighted by molar-refractivity contribution is 0.214. The summed E-state index contributed by atoms with van der Waals surface area (Å²) in [5.74, 6) is 0.479. The number of ether oxygens (including phenoxy) is 1. The number of guanidine groups is 1. The van der Waals surface area contributed by atoms with Crippen LogP contribution in [-0.4, -0.2) is 52.6 Å². The summed E-state index contributed by atoms with van der Waals surface area (Å²) in [4.78, 5) is 4.03. The normalized spacial score (nSPS) is 13.5. The molecule has 1 rings (SSSR count). The summed E-state index contributed by atoms with van der Waals surface area (Å²) in [6.45, 7) is 2.74. The molecule has 0 amide bonds. The Morgan fingerprint density at radius 3 is 2.65 bits per heavy atom. The molecule has 0 bridgehead atoms. The summed E-state index contributed by atoms with van der Waals surface area (Å²) in [5.41, 5.74) is 0. The maximum atomic E-state index is 13.5. The van der Waals surface area contributed by atoms with Crippen LogP contribution in [0.1, 0.15) is 13.3 Å². The molecule has 0 saturated carbocycles. The SMILES string of the molecule is CN=C(NCCCS(C)(=O)=O)NCC(C)Oc1ccccc1F. The molecule has 130 valence electrons. The second-order valence-corrected chi connectivity index (χ2v) is 7.48. The fraction of sp³-hybridized carbons (Fsp3) is 0.533. The van der Waals surface area contributed by atoms with E-state index in [1.807, 2.05) is 6.92 Å². The van der Waals surface area contributed by atoms with Crippen LogP contribution in [0.15, 0.2) is 29.3 Å². The van der Waals surface area contributed by atoms with Crippen molar-refractivity contribution in [2.45, 2.75) is 19.4 Å². The molecule has 0 aliphatic heterocycles. The number of halogens is 1. The predicted octanol–water partition coefficient (Wildman–Crippen LogP) is 1.19. The third-order valence-electron chi connectivity index (χ3n) is 2.93. The highest BCUT2D eigenvalue weighted by Crippen LogP contribution is 2.16. The van der Waals surface area contributed by atoms with Crippen LogP contribution >= 0.6 is 0 Å². The zero-order chi connectivity index (χ0) is 17.3. The van der Waals surface area contributed by atoms with Gasteiger partial charge >= 0.3 is 0 Å². The molecule has 1 aromatic rings. The Kier molecular flexibility index (Phi) is 7.80. The van der Waals surface area contributed by atoms with Gasteiger partial charge in [-0.3, -0.25) is 4.99 Å². The number of hydrogen-bond acceptors (Lipinski definition) is 4. The molecule has 6 nitrogen and oxygen atoms in total. The molecule has 0 spiro atoms. The highest BCUT2D eigenvalue weighted by molar-refractivity contribution is 7.90. The minimum atomic E-state index is -2.95. The lowest BCUT2D eigenvalue weighted by Crippen LogP contribution is -2.42. The van der Waals surface area contributed by atoms with Crippen LogP contribution in [0.4, 0.5) is 4.39 Å². The molecule has 0 heterocycles. The average Bonchev–Trinajstić information content (AvgIpc) is 2.48. The zero-order valence-corrected chi connectivity index (χ0v) is 14.5. The minimum absolute atomic E-state index is 0.129. The van der Waals surface area contributed by atoms with E-state index in [0.717, 1.165) is 0 Å². The van der Waals surface area contributed by atoms with Crippen LogP contribution in [0.2, 0.25) is 0 Å². The summed E-state index contributed by atoms with van der Waals surface area (Å²) in [6.07, 6.45) is 1.45. The third kappa shape index (κ3) is 8.39. The zero-order valence-electron chi connectivity index (χ0n) is 13.7. The molecule has 0 radical (unpaired) electrons. The van der Waals surface area contributed by atoms with Crippen LogP contribution in [-0.2, 0) is 9.84 Å². The molecule has 1 unspecified atom stereocenters. The van der Waals surface area contributed by atoms with Crippen LogP contribution in [0.3, 0.4) is 0 Å². The van der Waals surface area contributed by atoms with Crippen molar-refractivity contribution in [2.75, 3.05) is 32.1 Å². The number of sulfone groups is 1. The van der Waals surface area contributed by atoms with Crippen molar-refractivity contribution < 1.29 is 17.5 Å². The van der Waals surface area contributed by atoms with E-state index in [1.54, 1.807) is 25.2 Å². The molecular weight excluding hydrogens is 321 g/mol. The van der Waals surface area contributed by atoms with Gasteiger partial charge < -0.3 is 15.4 Å². The number of para-hydroxylation sites is 1. The van der Waals surface area contributed by atoms with Gasteiger partial charge in [0.1, 0.15) is 15.9 Å². The number of rotatable bonds is 8. The van der Waals surface area contributed by atoms with E-state index in [0.29, 0.717) is 25.5 Å². The van der Waals surface area contributed by atoms with E-state index in [9.17, 15) is 12.8 Å². The predicted molar refractivity (Wildman–Crippen MR) is 90.2 cm³/mol. The first kappa shape index (κ1) is 19.2. The molecule has 0 aromatic heterocycles. The number of aliphatic imine (C=N–C) groups is 1. The van der Waals surface area contributed by atoms with Crippen molar-refractivity contribution in [2.24, 2.45) is 4.99 Å². The van der Waals surface area contributed by atoms with E-state index >= 15 is 0 Å². The van der Waals surface area contributed by atoms with Gasteiger partial charge in [0.25, 0.3) is 0 Å². The van der Waals surface area contributed by atoms with Crippen molar-refractivity contribution in [1.29, 1.82) is 0 Å². The molecule has 1 aromatic carbocycles. The molecule has 2 N–H and O–H groups in total. The van der Waals surface area contributed by atoms with E-state index in [2.05, 4.69) is 15.6 Å². The van der Waals surface area contributed by atoms with E-state index in [4.69, 9.17) is 4.74 Å². The first-order valence-electron chi connectivity index (χ1n) is 7.35. The van der Waals surface area contributed by atoms with Crippen molar-refractivity contribution in [1.82, 2.24) is 10.6 Å². The number of nitrogens with one attached hydrogen (secondary N) is 2. The first-order chi connectivity index (χ1) is 10.8. The van der Waals surface area contributed by atoms with Crippen molar-refractivity contribution in [3.8, 4) is 5.75 Å². The lowest BCUT2D eigenvalue weighted by atomic mass is 10.3. The molecule has 23 heavy (non-hydrogen) atoms.